The maximum absolute atomic E-state index is 5.65. The zero-order chi connectivity index (χ0) is 15.2. The van der Waals surface area contributed by atoms with Crippen LogP contribution in [0.5, 0.6) is 11.5 Å². The van der Waals surface area contributed by atoms with Gasteiger partial charge in [0.1, 0.15) is 5.82 Å². The van der Waals surface area contributed by atoms with Crippen LogP contribution in [0.3, 0.4) is 0 Å². The van der Waals surface area contributed by atoms with Crippen LogP contribution in [0.15, 0.2) is 12.1 Å². The van der Waals surface area contributed by atoms with E-state index in [0.717, 1.165) is 48.4 Å². The molecule has 0 saturated heterocycles. The van der Waals surface area contributed by atoms with Crippen molar-refractivity contribution in [3.8, 4) is 11.5 Å². The molecule has 5 heteroatoms. The third kappa shape index (κ3) is 3.67. The van der Waals surface area contributed by atoms with Crippen molar-refractivity contribution < 1.29 is 9.47 Å². The second-order valence-electron chi connectivity index (χ2n) is 5.30. The highest BCUT2D eigenvalue weighted by Crippen LogP contribution is 2.31. The highest BCUT2D eigenvalue weighted by Gasteiger charge is 2.11. The van der Waals surface area contributed by atoms with Gasteiger partial charge < -0.3 is 20.2 Å². The van der Waals surface area contributed by atoms with Crippen LogP contribution in [0.25, 0.3) is 11.0 Å². The van der Waals surface area contributed by atoms with Crippen LogP contribution in [0.4, 0.5) is 0 Å². The second kappa shape index (κ2) is 7.31. The van der Waals surface area contributed by atoms with E-state index >= 15 is 0 Å². The summed E-state index contributed by atoms with van der Waals surface area (Å²) >= 11 is 0. The molecule has 1 heterocycles. The van der Waals surface area contributed by atoms with Crippen molar-refractivity contribution >= 4 is 11.0 Å². The first kappa shape index (κ1) is 15.6. The number of ether oxygens (including phenoxy) is 2. The lowest BCUT2D eigenvalue weighted by Crippen LogP contribution is -2.09. The molecule has 0 bridgehead atoms. The predicted octanol–water partition coefficient (Wildman–Crippen LogP) is 2.89. The number of nitrogens with two attached hydrogens (primary N) is 1. The summed E-state index contributed by atoms with van der Waals surface area (Å²) in [5.74, 6) is 3.11. The van der Waals surface area contributed by atoms with Crippen molar-refractivity contribution in [1.29, 1.82) is 0 Å². The molecule has 0 radical (unpaired) electrons. The van der Waals surface area contributed by atoms with E-state index in [1.54, 1.807) is 14.2 Å². The number of methoxy groups -OCH3 is 2. The molecule has 0 aliphatic rings. The lowest BCUT2D eigenvalue weighted by atomic mass is 9.96. The van der Waals surface area contributed by atoms with Crippen LogP contribution in [0, 0.1) is 5.92 Å². The van der Waals surface area contributed by atoms with Crippen LogP contribution in [-0.4, -0.2) is 30.7 Å². The fourth-order valence-electron chi connectivity index (χ4n) is 2.64. The molecule has 0 fully saturated rings. The first-order valence-corrected chi connectivity index (χ1v) is 7.52. The van der Waals surface area contributed by atoms with Gasteiger partial charge in [-0.1, -0.05) is 13.3 Å². The second-order valence-corrected chi connectivity index (χ2v) is 5.30. The van der Waals surface area contributed by atoms with E-state index in [0.29, 0.717) is 11.7 Å². The number of hydrogen-bond donors (Lipinski definition) is 2. The minimum atomic E-state index is 0.673. The van der Waals surface area contributed by atoms with Gasteiger partial charge >= 0.3 is 0 Å². The normalized spacial score (nSPS) is 12.6. The minimum absolute atomic E-state index is 0.673. The van der Waals surface area contributed by atoms with Gasteiger partial charge in [0.25, 0.3) is 0 Å². The molecular formula is C16H25N3O2. The van der Waals surface area contributed by atoms with Gasteiger partial charge in [0, 0.05) is 18.6 Å². The molecule has 0 aliphatic heterocycles. The molecule has 3 N–H and O–H groups in total. The smallest absolute Gasteiger partial charge is 0.163 e. The Balaban J connectivity index is 2.15. The van der Waals surface area contributed by atoms with E-state index in [1.807, 2.05) is 12.1 Å². The Bertz CT molecular complexity index is 539. The largest absolute Gasteiger partial charge is 0.493 e. The molecule has 1 aromatic carbocycles. The van der Waals surface area contributed by atoms with E-state index in [2.05, 4.69) is 16.9 Å². The van der Waals surface area contributed by atoms with Crippen LogP contribution in [-0.2, 0) is 6.42 Å². The molecule has 1 aromatic heterocycles. The average Bonchev–Trinajstić information content (AvgIpc) is 2.91. The summed E-state index contributed by atoms with van der Waals surface area (Å²) in [7, 11) is 3.27. The van der Waals surface area contributed by atoms with Crippen LogP contribution in [0.2, 0.25) is 0 Å². The Morgan fingerprint density at radius 2 is 1.90 bits per heavy atom. The zero-order valence-corrected chi connectivity index (χ0v) is 13.1. The third-order valence-electron chi connectivity index (χ3n) is 3.98. The van der Waals surface area contributed by atoms with Crippen LogP contribution < -0.4 is 15.2 Å². The maximum atomic E-state index is 5.65. The van der Waals surface area contributed by atoms with Gasteiger partial charge in [0.15, 0.2) is 11.5 Å². The van der Waals surface area contributed by atoms with Crippen LogP contribution in [0.1, 0.15) is 32.0 Å². The number of hydrogen-bond acceptors (Lipinski definition) is 4. The molecule has 0 amide bonds. The van der Waals surface area contributed by atoms with Crippen molar-refractivity contribution in [2.24, 2.45) is 11.7 Å². The predicted molar refractivity (Wildman–Crippen MR) is 85.0 cm³/mol. The standard InChI is InChI=1S/C16H25N3O2/c1-4-11(7-8-17)5-6-16-18-12-9-14(20-2)15(21-3)10-13(12)19-16/h9-11H,4-8,17H2,1-3H3,(H,18,19). The fourth-order valence-corrected chi connectivity index (χ4v) is 2.64. The lowest BCUT2D eigenvalue weighted by molar-refractivity contribution is 0.356. The summed E-state index contributed by atoms with van der Waals surface area (Å²) in [5, 5.41) is 0. The number of nitrogens with zero attached hydrogens (tertiary/aromatic N) is 1. The number of nitrogens with one attached hydrogen (secondary N) is 1. The zero-order valence-electron chi connectivity index (χ0n) is 13.1. The van der Waals surface area contributed by atoms with E-state index in [-0.39, 0.29) is 0 Å². The topological polar surface area (TPSA) is 73.2 Å². The van der Waals surface area contributed by atoms with Crippen molar-refractivity contribution in [3.63, 3.8) is 0 Å². The Labute approximate surface area is 125 Å². The van der Waals surface area contributed by atoms with Gasteiger partial charge in [0.05, 0.1) is 25.3 Å². The quantitative estimate of drug-likeness (QED) is 0.784. The molecule has 0 saturated carbocycles. The fraction of sp³-hybridized carbons (Fsp3) is 0.562. The van der Waals surface area contributed by atoms with Crippen LogP contribution >= 0.6 is 0 Å². The van der Waals surface area contributed by atoms with Gasteiger partial charge in [-0.25, -0.2) is 4.98 Å². The summed E-state index contributed by atoms with van der Waals surface area (Å²) < 4.78 is 10.6. The summed E-state index contributed by atoms with van der Waals surface area (Å²) in [6.07, 6.45) is 4.30. The first-order chi connectivity index (χ1) is 10.2. The lowest BCUT2D eigenvalue weighted by Gasteiger charge is -2.11. The molecule has 5 nitrogen and oxygen atoms in total. The van der Waals surface area contributed by atoms with Crippen molar-refractivity contribution in [2.45, 2.75) is 32.6 Å². The Morgan fingerprint density at radius 3 is 2.52 bits per heavy atom. The van der Waals surface area contributed by atoms with Crippen molar-refractivity contribution in [3.05, 3.63) is 18.0 Å². The monoisotopic (exact) mass is 291 g/mol. The van der Waals surface area contributed by atoms with E-state index < -0.39 is 0 Å². The summed E-state index contributed by atoms with van der Waals surface area (Å²) in [5.41, 5.74) is 7.54. The number of rotatable bonds is 8. The Morgan fingerprint density at radius 1 is 1.19 bits per heavy atom. The molecule has 1 atom stereocenters. The summed E-state index contributed by atoms with van der Waals surface area (Å²) in [6, 6.07) is 3.84. The molecule has 1 unspecified atom stereocenters. The molecule has 2 rings (SSSR count). The molecule has 116 valence electrons. The SMILES string of the molecule is CCC(CCN)CCc1nc2cc(OC)c(OC)cc2[nH]1. The molecule has 21 heavy (non-hydrogen) atoms. The van der Waals surface area contributed by atoms with E-state index in [4.69, 9.17) is 15.2 Å². The average molecular weight is 291 g/mol. The third-order valence-corrected chi connectivity index (χ3v) is 3.98. The maximum Gasteiger partial charge on any atom is 0.163 e. The van der Waals surface area contributed by atoms with E-state index in [9.17, 15) is 0 Å². The molecule has 0 spiro atoms. The number of fused-ring (bicyclic) bond motifs is 1. The Kier molecular flexibility index (Phi) is 5.44. The molecule has 0 aliphatic carbocycles. The highest BCUT2D eigenvalue weighted by atomic mass is 16.5. The first-order valence-electron chi connectivity index (χ1n) is 7.52. The van der Waals surface area contributed by atoms with Gasteiger partial charge in [-0.15, -0.1) is 0 Å². The molecule has 2 aromatic rings. The summed E-state index contributed by atoms with van der Waals surface area (Å²) in [6.45, 7) is 2.97. The number of imidazole rings is 1. The van der Waals surface area contributed by atoms with Gasteiger partial charge in [-0.05, 0) is 25.3 Å². The van der Waals surface area contributed by atoms with Crippen molar-refractivity contribution in [1.82, 2.24) is 9.97 Å². The van der Waals surface area contributed by atoms with Crippen molar-refractivity contribution in [2.75, 3.05) is 20.8 Å². The molecular weight excluding hydrogens is 266 g/mol. The number of H-pyrrole nitrogens is 1. The Hall–Kier alpha value is -1.75. The number of benzene rings is 1. The summed E-state index contributed by atoms with van der Waals surface area (Å²) in [4.78, 5) is 8.01. The number of aromatic amines is 1. The minimum Gasteiger partial charge on any atom is -0.493 e. The number of aromatic nitrogens is 2. The van der Waals surface area contributed by atoms with Gasteiger partial charge in [0.2, 0.25) is 0 Å². The van der Waals surface area contributed by atoms with E-state index in [1.165, 1.54) is 6.42 Å². The highest BCUT2D eigenvalue weighted by molar-refractivity contribution is 5.79. The van der Waals surface area contributed by atoms with Gasteiger partial charge in [-0.3, -0.25) is 0 Å². The number of aryl methyl sites for hydroxylation is 1. The van der Waals surface area contributed by atoms with Gasteiger partial charge in [-0.2, -0.15) is 0 Å².